The smallest absolute Gasteiger partial charge is 0.234 e. The van der Waals surface area contributed by atoms with Gasteiger partial charge >= 0.3 is 0 Å². The van der Waals surface area contributed by atoms with Crippen molar-refractivity contribution in [2.75, 3.05) is 11.1 Å². The van der Waals surface area contributed by atoms with Crippen LogP contribution >= 0.6 is 11.8 Å². The van der Waals surface area contributed by atoms with E-state index >= 15 is 0 Å². The zero-order valence-corrected chi connectivity index (χ0v) is 16.9. The van der Waals surface area contributed by atoms with Crippen LogP contribution < -0.4 is 5.32 Å². The Labute approximate surface area is 173 Å². The Morgan fingerprint density at radius 2 is 1.86 bits per heavy atom. The average Bonchev–Trinajstić information content (AvgIpc) is 3.04. The number of aryl methyl sites for hydroxylation is 1. The molecule has 0 aliphatic carbocycles. The van der Waals surface area contributed by atoms with Crippen molar-refractivity contribution in [3.8, 4) is 0 Å². The quantitative estimate of drug-likeness (QED) is 0.408. The summed E-state index contributed by atoms with van der Waals surface area (Å²) < 4.78 is 15.5. The Morgan fingerprint density at radius 1 is 1.03 bits per heavy atom. The first-order valence-electron chi connectivity index (χ1n) is 9.40. The number of anilines is 1. The molecule has 0 radical (unpaired) electrons. The molecule has 1 amide bonds. The average molecular weight is 405 g/mol. The fourth-order valence-electron chi connectivity index (χ4n) is 3.37. The summed E-state index contributed by atoms with van der Waals surface area (Å²) in [7, 11) is 0. The number of fused-ring (bicyclic) bond motifs is 1. The summed E-state index contributed by atoms with van der Waals surface area (Å²) in [5.41, 5.74) is 4.09. The third kappa shape index (κ3) is 4.69. The predicted octanol–water partition coefficient (Wildman–Crippen LogP) is 5.87. The van der Waals surface area contributed by atoms with E-state index in [2.05, 4.69) is 59.4 Å². The Bertz CT molecular complexity index is 1170. The molecule has 3 aromatic carbocycles. The number of nitrogens with one attached hydrogen (secondary N) is 1. The molecule has 146 valence electrons. The van der Waals surface area contributed by atoms with Crippen LogP contribution in [0.4, 0.5) is 10.1 Å². The summed E-state index contributed by atoms with van der Waals surface area (Å²) in [6.07, 6.45) is 2.10. The lowest BCUT2D eigenvalue weighted by molar-refractivity contribution is -0.113. The van der Waals surface area contributed by atoms with Gasteiger partial charge in [-0.3, -0.25) is 4.79 Å². The molecular weight excluding hydrogens is 383 g/mol. The molecule has 1 N–H and O–H groups in total. The maximum Gasteiger partial charge on any atom is 0.234 e. The number of halogens is 1. The standard InChI is InChI=1S/C24H21FN2OS/c1-17-6-4-7-18(12-17)14-27-15-23(21-10-2-3-11-22(21)27)29-16-24(28)26-20-9-5-8-19(25)13-20/h2-13,15H,14,16H2,1H3,(H,26,28). The normalized spacial score (nSPS) is 11.0. The molecule has 5 heteroatoms. The number of hydrogen-bond acceptors (Lipinski definition) is 2. The van der Waals surface area contributed by atoms with E-state index in [1.165, 1.54) is 35.0 Å². The molecule has 0 fully saturated rings. The van der Waals surface area contributed by atoms with Crippen LogP contribution in [0.3, 0.4) is 0 Å². The maximum atomic E-state index is 13.3. The van der Waals surface area contributed by atoms with E-state index in [1.807, 2.05) is 12.1 Å². The van der Waals surface area contributed by atoms with Gasteiger partial charge < -0.3 is 9.88 Å². The molecule has 29 heavy (non-hydrogen) atoms. The van der Waals surface area contributed by atoms with Crippen LogP contribution in [-0.2, 0) is 11.3 Å². The van der Waals surface area contributed by atoms with Gasteiger partial charge in [0.1, 0.15) is 5.82 Å². The molecular formula is C24H21FN2OS. The van der Waals surface area contributed by atoms with Crippen molar-refractivity contribution in [1.82, 2.24) is 4.57 Å². The minimum absolute atomic E-state index is 0.156. The number of carbonyl (C=O) groups excluding carboxylic acids is 1. The Kier molecular flexibility index (Phi) is 5.67. The summed E-state index contributed by atoms with van der Waals surface area (Å²) in [5.74, 6) is -0.264. The van der Waals surface area contributed by atoms with Gasteiger partial charge in [0.15, 0.2) is 0 Å². The summed E-state index contributed by atoms with van der Waals surface area (Å²) in [6, 6.07) is 22.6. The highest BCUT2D eigenvalue weighted by Crippen LogP contribution is 2.30. The predicted molar refractivity (Wildman–Crippen MR) is 118 cm³/mol. The lowest BCUT2D eigenvalue weighted by atomic mass is 10.1. The van der Waals surface area contributed by atoms with Gasteiger partial charge in [0.2, 0.25) is 5.91 Å². The summed E-state index contributed by atoms with van der Waals surface area (Å²) >= 11 is 1.49. The second kappa shape index (κ2) is 8.53. The van der Waals surface area contributed by atoms with Crippen LogP contribution in [0, 0.1) is 12.7 Å². The van der Waals surface area contributed by atoms with Gasteiger partial charge in [0.05, 0.1) is 5.75 Å². The molecule has 1 aromatic heterocycles. The molecule has 0 saturated carbocycles. The molecule has 0 saturated heterocycles. The van der Waals surface area contributed by atoms with Gasteiger partial charge in [-0.15, -0.1) is 11.8 Å². The second-order valence-corrected chi connectivity index (χ2v) is 7.99. The topological polar surface area (TPSA) is 34.0 Å². The molecule has 0 spiro atoms. The number of benzene rings is 3. The largest absolute Gasteiger partial charge is 0.342 e. The highest BCUT2D eigenvalue weighted by molar-refractivity contribution is 8.00. The number of amides is 1. The lowest BCUT2D eigenvalue weighted by Gasteiger charge is -2.06. The highest BCUT2D eigenvalue weighted by atomic mass is 32.2. The van der Waals surface area contributed by atoms with Crippen molar-refractivity contribution in [2.45, 2.75) is 18.4 Å². The number of carbonyl (C=O) groups is 1. The van der Waals surface area contributed by atoms with E-state index in [1.54, 1.807) is 12.1 Å². The van der Waals surface area contributed by atoms with Crippen LogP contribution in [0.5, 0.6) is 0 Å². The van der Waals surface area contributed by atoms with Crippen LogP contribution in [0.2, 0.25) is 0 Å². The third-order valence-electron chi connectivity index (χ3n) is 4.65. The van der Waals surface area contributed by atoms with E-state index < -0.39 is 0 Å². The lowest BCUT2D eigenvalue weighted by Crippen LogP contribution is -2.13. The van der Waals surface area contributed by atoms with Gasteiger partial charge in [-0.05, 0) is 36.8 Å². The summed E-state index contributed by atoms with van der Waals surface area (Å²) in [5, 5.41) is 3.88. The van der Waals surface area contributed by atoms with Crippen molar-refractivity contribution in [2.24, 2.45) is 0 Å². The van der Waals surface area contributed by atoms with Gasteiger partial charge in [0.25, 0.3) is 0 Å². The minimum atomic E-state index is -0.366. The molecule has 0 aliphatic rings. The highest BCUT2D eigenvalue weighted by Gasteiger charge is 2.11. The monoisotopic (exact) mass is 404 g/mol. The number of aromatic nitrogens is 1. The van der Waals surface area contributed by atoms with Gasteiger partial charge in [-0.2, -0.15) is 0 Å². The molecule has 0 unspecified atom stereocenters. The van der Waals surface area contributed by atoms with Crippen LogP contribution in [0.15, 0.2) is 83.9 Å². The SMILES string of the molecule is Cc1cccc(Cn2cc(SCC(=O)Nc3cccc(F)c3)c3ccccc32)c1. The molecule has 4 rings (SSSR count). The molecule has 4 aromatic rings. The zero-order chi connectivity index (χ0) is 20.2. The van der Waals surface area contributed by atoms with E-state index in [4.69, 9.17) is 0 Å². The fourth-order valence-corrected chi connectivity index (χ4v) is 4.26. The molecule has 0 atom stereocenters. The van der Waals surface area contributed by atoms with Crippen molar-refractivity contribution in [1.29, 1.82) is 0 Å². The second-order valence-electron chi connectivity index (χ2n) is 6.97. The first-order valence-corrected chi connectivity index (χ1v) is 10.4. The summed E-state index contributed by atoms with van der Waals surface area (Å²) in [6.45, 7) is 2.87. The fraction of sp³-hybridized carbons (Fsp3) is 0.125. The van der Waals surface area contributed by atoms with Gasteiger partial charge in [-0.1, -0.05) is 54.1 Å². The van der Waals surface area contributed by atoms with Crippen molar-refractivity contribution < 1.29 is 9.18 Å². The first kappa shape index (κ1) is 19.3. The van der Waals surface area contributed by atoms with E-state index in [9.17, 15) is 9.18 Å². The number of hydrogen-bond donors (Lipinski definition) is 1. The molecule has 1 heterocycles. The molecule has 0 aliphatic heterocycles. The Morgan fingerprint density at radius 3 is 2.69 bits per heavy atom. The number of rotatable bonds is 6. The third-order valence-corrected chi connectivity index (χ3v) is 5.70. The number of nitrogens with zero attached hydrogens (tertiary/aromatic N) is 1. The molecule has 0 bridgehead atoms. The van der Waals surface area contributed by atoms with E-state index in [-0.39, 0.29) is 17.5 Å². The van der Waals surface area contributed by atoms with Crippen molar-refractivity contribution in [3.63, 3.8) is 0 Å². The zero-order valence-electron chi connectivity index (χ0n) is 16.1. The molecule has 3 nitrogen and oxygen atoms in total. The van der Waals surface area contributed by atoms with Crippen LogP contribution in [0.25, 0.3) is 10.9 Å². The Hall–Kier alpha value is -3.05. The van der Waals surface area contributed by atoms with Crippen LogP contribution in [0.1, 0.15) is 11.1 Å². The van der Waals surface area contributed by atoms with Gasteiger partial charge in [0, 0.05) is 34.2 Å². The Balaban J connectivity index is 1.51. The number of thioether (sulfide) groups is 1. The van der Waals surface area contributed by atoms with Gasteiger partial charge in [-0.25, -0.2) is 4.39 Å². The summed E-state index contributed by atoms with van der Waals surface area (Å²) in [4.78, 5) is 13.4. The minimum Gasteiger partial charge on any atom is -0.342 e. The van der Waals surface area contributed by atoms with Crippen molar-refractivity contribution >= 4 is 34.3 Å². The number of para-hydroxylation sites is 1. The van der Waals surface area contributed by atoms with E-state index in [0.29, 0.717) is 5.69 Å². The van der Waals surface area contributed by atoms with Crippen molar-refractivity contribution in [3.05, 3.63) is 95.9 Å². The first-order chi connectivity index (χ1) is 14.1. The maximum absolute atomic E-state index is 13.3. The van der Waals surface area contributed by atoms with E-state index in [0.717, 1.165) is 22.3 Å². The van der Waals surface area contributed by atoms with Crippen LogP contribution in [-0.4, -0.2) is 16.2 Å².